The number of hydrogen-bond donors (Lipinski definition) is 2. The van der Waals surface area contributed by atoms with Crippen molar-refractivity contribution in [3.63, 3.8) is 0 Å². The van der Waals surface area contributed by atoms with Crippen molar-refractivity contribution in [2.45, 2.75) is 32.7 Å². The van der Waals surface area contributed by atoms with Gasteiger partial charge >= 0.3 is 0 Å². The van der Waals surface area contributed by atoms with E-state index in [0.717, 1.165) is 40.9 Å². The number of rotatable bonds is 7. The molecule has 0 bridgehead atoms. The summed E-state index contributed by atoms with van der Waals surface area (Å²) in [6.45, 7) is 12.5. The number of fused-ring (bicyclic) bond motifs is 1. The Balaban J connectivity index is 1.73. The van der Waals surface area contributed by atoms with Crippen LogP contribution in [0.5, 0.6) is 5.75 Å². The Labute approximate surface area is 156 Å². The molecule has 0 aliphatic heterocycles. The van der Waals surface area contributed by atoms with Crippen LogP contribution in [0.2, 0.25) is 0 Å². The first-order chi connectivity index (χ1) is 12.5. The molecule has 1 heterocycles. The monoisotopic (exact) mass is 348 g/mol. The molecule has 0 saturated carbocycles. The van der Waals surface area contributed by atoms with Crippen molar-refractivity contribution in [1.82, 2.24) is 10.3 Å². The first-order valence-electron chi connectivity index (χ1n) is 9.18. The van der Waals surface area contributed by atoms with Gasteiger partial charge in [-0.05, 0) is 63.1 Å². The van der Waals surface area contributed by atoms with E-state index in [1.807, 2.05) is 24.4 Å². The summed E-state index contributed by atoms with van der Waals surface area (Å²) in [6, 6.07) is 16.5. The molecule has 0 aliphatic carbocycles. The summed E-state index contributed by atoms with van der Waals surface area (Å²) in [5, 5.41) is 4.67. The van der Waals surface area contributed by atoms with Crippen LogP contribution in [0.4, 0.5) is 0 Å². The maximum absolute atomic E-state index is 6.08. The fraction of sp³-hybridized carbons (Fsp3) is 0.304. The summed E-state index contributed by atoms with van der Waals surface area (Å²) >= 11 is 0. The molecule has 1 aromatic heterocycles. The van der Waals surface area contributed by atoms with E-state index in [2.05, 4.69) is 68.0 Å². The molecule has 0 amide bonds. The predicted octanol–water partition coefficient (Wildman–Crippen LogP) is 5.39. The molecular weight excluding hydrogens is 320 g/mol. The molecule has 0 unspecified atom stereocenters. The first-order valence-corrected chi connectivity index (χ1v) is 9.18. The topological polar surface area (TPSA) is 37.0 Å². The van der Waals surface area contributed by atoms with E-state index in [-0.39, 0.29) is 5.54 Å². The SMILES string of the molecule is C=C(c1ccccc1OCCCNC(C)(C)C)c1cccc2[nH]ccc12. The van der Waals surface area contributed by atoms with Gasteiger partial charge in [0.15, 0.2) is 0 Å². The molecule has 0 saturated heterocycles. The van der Waals surface area contributed by atoms with Crippen LogP contribution in [0.3, 0.4) is 0 Å². The number of nitrogens with one attached hydrogen (secondary N) is 2. The van der Waals surface area contributed by atoms with Gasteiger partial charge in [-0.15, -0.1) is 0 Å². The Bertz CT molecular complexity index is 886. The van der Waals surface area contributed by atoms with Crippen molar-refractivity contribution in [2.75, 3.05) is 13.2 Å². The van der Waals surface area contributed by atoms with E-state index in [0.29, 0.717) is 6.61 Å². The van der Waals surface area contributed by atoms with Crippen molar-refractivity contribution in [3.8, 4) is 5.75 Å². The lowest BCUT2D eigenvalue weighted by Gasteiger charge is -2.20. The normalized spacial score (nSPS) is 11.7. The van der Waals surface area contributed by atoms with Crippen molar-refractivity contribution in [3.05, 3.63) is 72.4 Å². The number of ether oxygens (including phenoxy) is 1. The lowest BCUT2D eigenvalue weighted by molar-refractivity contribution is 0.297. The van der Waals surface area contributed by atoms with E-state index >= 15 is 0 Å². The van der Waals surface area contributed by atoms with Gasteiger partial charge in [0.05, 0.1) is 6.61 Å². The summed E-state index contributed by atoms with van der Waals surface area (Å²) in [7, 11) is 0. The van der Waals surface area contributed by atoms with Gasteiger partial charge in [-0.1, -0.05) is 36.9 Å². The zero-order chi connectivity index (χ0) is 18.6. The Hall–Kier alpha value is -2.52. The molecule has 3 heteroatoms. The minimum absolute atomic E-state index is 0.140. The van der Waals surface area contributed by atoms with Gasteiger partial charge in [-0.25, -0.2) is 0 Å². The van der Waals surface area contributed by atoms with Crippen molar-refractivity contribution in [2.24, 2.45) is 0 Å². The standard InChI is InChI=1S/C23H28N2O/c1-17(18-10-7-11-21-20(18)13-15-24-21)19-9-5-6-12-22(19)26-16-8-14-25-23(2,3)4/h5-7,9-13,15,24-25H,1,8,14,16H2,2-4H3. The maximum Gasteiger partial charge on any atom is 0.127 e. The van der Waals surface area contributed by atoms with Crippen LogP contribution in [0, 0.1) is 0 Å². The molecule has 3 nitrogen and oxygen atoms in total. The van der Waals surface area contributed by atoms with Crippen molar-refractivity contribution in [1.29, 1.82) is 0 Å². The second-order valence-corrected chi connectivity index (χ2v) is 7.60. The number of aromatic nitrogens is 1. The van der Waals surface area contributed by atoms with Crippen LogP contribution < -0.4 is 10.1 Å². The quantitative estimate of drug-likeness (QED) is 0.562. The highest BCUT2D eigenvalue weighted by Crippen LogP contribution is 2.33. The molecule has 0 radical (unpaired) electrons. The fourth-order valence-corrected chi connectivity index (χ4v) is 3.05. The molecule has 3 aromatic rings. The van der Waals surface area contributed by atoms with E-state index in [1.54, 1.807) is 0 Å². The van der Waals surface area contributed by atoms with Gasteiger partial charge in [0.1, 0.15) is 5.75 Å². The van der Waals surface area contributed by atoms with Gasteiger partial charge in [0.25, 0.3) is 0 Å². The van der Waals surface area contributed by atoms with Crippen molar-refractivity contribution >= 4 is 16.5 Å². The second-order valence-electron chi connectivity index (χ2n) is 7.60. The molecule has 26 heavy (non-hydrogen) atoms. The molecule has 0 fully saturated rings. The average Bonchev–Trinajstić information content (AvgIpc) is 3.09. The summed E-state index contributed by atoms with van der Waals surface area (Å²) in [5.41, 5.74) is 4.43. The Morgan fingerprint density at radius 1 is 1.04 bits per heavy atom. The third-order valence-corrected chi connectivity index (χ3v) is 4.37. The molecule has 0 aliphatic rings. The predicted molar refractivity (Wildman–Crippen MR) is 111 cm³/mol. The Morgan fingerprint density at radius 3 is 2.62 bits per heavy atom. The van der Waals surface area contributed by atoms with E-state index in [9.17, 15) is 0 Å². The van der Waals surface area contributed by atoms with E-state index in [1.165, 1.54) is 5.39 Å². The third kappa shape index (κ3) is 4.36. The van der Waals surface area contributed by atoms with Gasteiger partial charge < -0.3 is 15.0 Å². The number of H-pyrrole nitrogens is 1. The molecule has 2 N–H and O–H groups in total. The Morgan fingerprint density at radius 2 is 1.81 bits per heavy atom. The van der Waals surface area contributed by atoms with Gasteiger partial charge in [0.2, 0.25) is 0 Å². The van der Waals surface area contributed by atoms with Gasteiger partial charge in [0, 0.05) is 28.2 Å². The fourth-order valence-electron chi connectivity index (χ4n) is 3.05. The Kier molecular flexibility index (Phi) is 5.48. The van der Waals surface area contributed by atoms with Gasteiger partial charge in [-0.2, -0.15) is 0 Å². The number of aromatic amines is 1. The lowest BCUT2D eigenvalue weighted by atomic mass is 9.96. The largest absolute Gasteiger partial charge is 0.493 e. The van der Waals surface area contributed by atoms with E-state index < -0.39 is 0 Å². The third-order valence-electron chi connectivity index (χ3n) is 4.37. The first kappa shape index (κ1) is 18.3. The summed E-state index contributed by atoms with van der Waals surface area (Å²) in [6.07, 6.45) is 2.93. The average molecular weight is 348 g/mol. The van der Waals surface area contributed by atoms with Crippen molar-refractivity contribution < 1.29 is 4.74 Å². The van der Waals surface area contributed by atoms with Crippen LogP contribution >= 0.6 is 0 Å². The number of hydrogen-bond acceptors (Lipinski definition) is 2. The smallest absolute Gasteiger partial charge is 0.127 e. The molecule has 0 atom stereocenters. The van der Waals surface area contributed by atoms with Crippen LogP contribution in [-0.2, 0) is 0 Å². The zero-order valence-electron chi connectivity index (χ0n) is 15.9. The van der Waals surface area contributed by atoms with Crippen LogP contribution in [-0.4, -0.2) is 23.7 Å². The summed E-state index contributed by atoms with van der Waals surface area (Å²) < 4.78 is 6.08. The molecule has 0 spiro atoms. The highest BCUT2D eigenvalue weighted by atomic mass is 16.5. The van der Waals surface area contributed by atoms with Gasteiger partial charge in [-0.3, -0.25) is 0 Å². The highest BCUT2D eigenvalue weighted by molar-refractivity contribution is 5.96. The minimum Gasteiger partial charge on any atom is -0.493 e. The number of benzene rings is 2. The second kappa shape index (κ2) is 7.79. The molecular formula is C23H28N2O. The van der Waals surface area contributed by atoms with E-state index in [4.69, 9.17) is 4.74 Å². The maximum atomic E-state index is 6.08. The lowest BCUT2D eigenvalue weighted by Crippen LogP contribution is -2.36. The summed E-state index contributed by atoms with van der Waals surface area (Å²) in [4.78, 5) is 3.26. The highest BCUT2D eigenvalue weighted by Gasteiger charge is 2.12. The number of para-hydroxylation sites is 1. The minimum atomic E-state index is 0.140. The summed E-state index contributed by atoms with van der Waals surface area (Å²) in [5.74, 6) is 0.890. The molecule has 3 rings (SSSR count). The van der Waals surface area contributed by atoms with Crippen LogP contribution in [0.15, 0.2) is 61.3 Å². The molecule has 2 aromatic carbocycles. The van der Waals surface area contributed by atoms with Crippen LogP contribution in [0.25, 0.3) is 16.5 Å². The van der Waals surface area contributed by atoms with Crippen LogP contribution in [0.1, 0.15) is 38.3 Å². The molecule has 136 valence electrons. The zero-order valence-corrected chi connectivity index (χ0v) is 15.9.